The molecule has 3 aromatic heterocycles. The minimum Gasteiger partial charge on any atom is -0.460 e. The molecule has 0 atom stereocenters. The van der Waals surface area contributed by atoms with E-state index in [1.165, 1.54) is 0 Å². The molecule has 1 aliphatic rings. The molecule has 162 valence electrons. The highest BCUT2D eigenvalue weighted by Gasteiger charge is 2.29. The second-order valence-corrected chi connectivity index (χ2v) is 8.14. The number of pyridine rings is 1. The number of halogens is 1. The Bertz CT molecular complexity index is 1340. The predicted octanol–water partition coefficient (Wildman–Crippen LogP) is 4.66. The number of carbonyl (C=O) groups is 1. The van der Waals surface area contributed by atoms with Crippen molar-refractivity contribution in [1.82, 2.24) is 14.5 Å². The molecule has 0 amide bonds. The number of nitrogens with zero attached hydrogens (tertiary/aromatic N) is 4. The Hall–Kier alpha value is -3.65. The SMILES string of the molecule is Cc1oc(-c2ccc(Cl)cc2)cc1C(=O)O/N=C(\N)Cc1nc2cccnc2n1C1CC1. The largest absolute Gasteiger partial charge is 0.460 e. The standard InChI is InChI=1S/C23H20ClN5O3/c1-13-17(11-19(31-13)14-4-6-15(24)7-5-14)23(30)32-28-20(25)12-21-27-18-3-2-10-26-22(18)29(21)16-8-9-16/h2-7,10-11,16H,8-9,12H2,1H3,(H2,25,28). The molecule has 1 fully saturated rings. The van der Waals surface area contributed by atoms with Crippen LogP contribution in [0, 0.1) is 6.92 Å². The molecule has 0 unspecified atom stereocenters. The summed E-state index contributed by atoms with van der Waals surface area (Å²) in [6.45, 7) is 1.69. The fourth-order valence-electron chi connectivity index (χ4n) is 3.60. The number of nitrogens with two attached hydrogens (primary N) is 1. The van der Waals surface area contributed by atoms with Crippen LogP contribution >= 0.6 is 11.6 Å². The third-order valence-electron chi connectivity index (χ3n) is 5.29. The molecular weight excluding hydrogens is 430 g/mol. The number of oxime groups is 1. The number of hydrogen-bond donors (Lipinski definition) is 1. The van der Waals surface area contributed by atoms with Gasteiger partial charge in [-0.1, -0.05) is 16.8 Å². The van der Waals surface area contributed by atoms with Crippen molar-refractivity contribution in [2.24, 2.45) is 10.9 Å². The number of rotatable bonds is 6. The van der Waals surface area contributed by atoms with Gasteiger partial charge in [0.25, 0.3) is 0 Å². The summed E-state index contributed by atoms with van der Waals surface area (Å²) in [7, 11) is 0. The number of hydrogen-bond acceptors (Lipinski definition) is 6. The summed E-state index contributed by atoms with van der Waals surface area (Å²) in [5.74, 6) is 1.22. The molecule has 0 saturated heterocycles. The molecular formula is C23H20ClN5O3. The average Bonchev–Trinajstić information content (AvgIpc) is 3.44. The third-order valence-corrected chi connectivity index (χ3v) is 5.54. The number of benzene rings is 1. The first-order chi connectivity index (χ1) is 15.5. The van der Waals surface area contributed by atoms with Gasteiger partial charge in [-0.15, -0.1) is 0 Å². The van der Waals surface area contributed by atoms with Crippen molar-refractivity contribution in [3.63, 3.8) is 0 Å². The van der Waals surface area contributed by atoms with Crippen LogP contribution in [0.2, 0.25) is 5.02 Å². The van der Waals surface area contributed by atoms with Crippen molar-refractivity contribution >= 4 is 34.6 Å². The van der Waals surface area contributed by atoms with E-state index in [9.17, 15) is 4.79 Å². The number of aryl methyl sites for hydroxylation is 1. The monoisotopic (exact) mass is 449 g/mol. The van der Waals surface area contributed by atoms with Gasteiger partial charge in [0.15, 0.2) is 5.65 Å². The second kappa shape index (κ2) is 8.12. The number of carbonyl (C=O) groups excluding carboxylic acids is 1. The summed E-state index contributed by atoms with van der Waals surface area (Å²) in [6.07, 6.45) is 4.16. The quantitative estimate of drug-likeness (QED) is 0.198. The van der Waals surface area contributed by atoms with Crippen LogP contribution in [0.1, 0.15) is 40.8 Å². The topological polar surface area (TPSA) is 109 Å². The molecule has 2 N–H and O–H groups in total. The van der Waals surface area contributed by atoms with Gasteiger partial charge in [0.2, 0.25) is 0 Å². The van der Waals surface area contributed by atoms with Crippen LogP contribution < -0.4 is 5.73 Å². The summed E-state index contributed by atoms with van der Waals surface area (Å²) in [6, 6.07) is 12.9. The van der Waals surface area contributed by atoms with Crippen molar-refractivity contribution in [1.29, 1.82) is 0 Å². The number of imidazole rings is 1. The Morgan fingerprint density at radius 2 is 2.09 bits per heavy atom. The van der Waals surface area contributed by atoms with Crippen LogP contribution in [0.15, 0.2) is 58.2 Å². The van der Waals surface area contributed by atoms with E-state index >= 15 is 0 Å². The number of fused-ring (bicyclic) bond motifs is 1. The normalized spacial score (nSPS) is 14.1. The van der Waals surface area contributed by atoms with Crippen LogP contribution in [-0.2, 0) is 11.3 Å². The van der Waals surface area contributed by atoms with E-state index in [0.717, 1.165) is 35.4 Å². The smallest absolute Gasteiger partial charge is 0.369 e. The molecule has 0 spiro atoms. The van der Waals surface area contributed by atoms with Gasteiger partial charge >= 0.3 is 5.97 Å². The molecule has 4 aromatic rings. The Morgan fingerprint density at radius 3 is 2.84 bits per heavy atom. The maximum absolute atomic E-state index is 12.6. The van der Waals surface area contributed by atoms with Crippen LogP contribution in [0.25, 0.3) is 22.5 Å². The minimum atomic E-state index is -0.647. The van der Waals surface area contributed by atoms with Crippen LogP contribution in [0.5, 0.6) is 0 Å². The molecule has 1 aromatic carbocycles. The molecule has 1 saturated carbocycles. The maximum Gasteiger partial charge on any atom is 0.369 e. The van der Waals surface area contributed by atoms with Crippen LogP contribution in [0.3, 0.4) is 0 Å². The molecule has 0 radical (unpaired) electrons. The van der Waals surface area contributed by atoms with E-state index in [0.29, 0.717) is 22.6 Å². The molecule has 8 nitrogen and oxygen atoms in total. The lowest BCUT2D eigenvalue weighted by molar-refractivity contribution is 0.0512. The van der Waals surface area contributed by atoms with Gasteiger partial charge in [0.1, 0.15) is 34.3 Å². The fraction of sp³-hybridized carbons (Fsp3) is 0.217. The zero-order valence-electron chi connectivity index (χ0n) is 17.3. The van der Waals surface area contributed by atoms with Gasteiger partial charge in [-0.2, -0.15) is 0 Å². The van der Waals surface area contributed by atoms with Gasteiger partial charge in [-0.05, 0) is 62.2 Å². The molecule has 32 heavy (non-hydrogen) atoms. The summed E-state index contributed by atoms with van der Waals surface area (Å²) < 4.78 is 7.80. The van der Waals surface area contributed by atoms with Crippen molar-refractivity contribution in [2.45, 2.75) is 32.2 Å². The van der Waals surface area contributed by atoms with Crippen molar-refractivity contribution in [3.8, 4) is 11.3 Å². The Morgan fingerprint density at radius 1 is 1.31 bits per heavy atom. The first-order valence-electron chi connectivity index (χ1n) is 10.2. The summed E-state index contributed by atoms with van der Waals surface area (Å²) in [5.41, 5.74) is 8.77. The summed E-state index contributed by atoms with van der Waals surface area (Å²) >= 11 is 5.93. The van der Waals surface area contributed by atoms with E-state index in [4.69, 9.17) is 26.6 Å². The molecule has 5 rings (SSSR count). The van der Waals surface area contributed by atoms with Crippen molar-refractivity contribution in [2.75, 3.05) is 0 Å². The van der Waals surface area contributed by atoms with Crippen molar-refractivity contribution < 1.29 is 14.0 Å². The number of aromatic nitrogens is 3. The molecule has 0 bridgehead atoms. The van der Waals surface area contributed by atoms with E-state index in [-0.39, 0.29) is 17.8 Å². The Kier molecular flexibility index (Phi) is 5.14. The van der Waals surface area contributed by atoms with Gasteiger partial charge in [-0.25, -0.2) is 14.8 Å². The Balaban J connectivity index is 1.32. The van der Waals surface area contributed by atoms with Gasteiger partial charge in [0, 0.05) is 22.8 Å². The molecule has 0 aliphatic heterocycles. The van der Waals surface area contributed by atoms with E-state index in [1.807, 2.05) is 24.3 Å². The molecule has 9 heteroatoms. The van der Waals surface area contributed by atoms with Crippen LogP contribution in [-0.4, -0.2) is 26.3 Å². The van der Waals surface area contributed by atoms with Gasteiger partial charge < -0.3 is 19.6 Å². The van der Waals surface area contributed by atoms with Crippen molar-refractivity contribution in [3.05, 3.63) is 70.8 Å². The highest BCUT2D eigenvalue weighted by Crippen LogP contribution is 2.38. The molecule has 1 aliphatic carbocycles. The summed E-state index contributed by atoms with van der Waals surface area (Å²) in [4.78, 5) is 26.7. The number of amidine groups is 1. The summed E-state index contributed by atoms with van der Waals surface area (Å²) in [5, 5.41) is 4.45. The van der Waals surface area contributed by atoms with E-state index in [1.54, 1.807) is 31.3 Å². The van der Waals surface area contributed by atoms with Crippen LogP contribution in [0.4, 0.5) is 0 Å². The second-order valence-electron chi connectivity index (χ2n) is 7.70. The van der Waals surface area contributed by atoms with E-state index < -0.39 is 5.97 Å². The third kappa shape index (κ3) is 3.97. The Labute approximate surface area is 188 Å². The zero-order chi connectivity index (χ0) is 22.2. The van der Waals surface area contributed by atoms with Gasteiger partial charge in [0.05, 0.1) is 6.42 Å². The van der Waals surface area contributed by atoms with Gasteiger partial charge in [-0.3, -0.25) is 0 Å². The zero-order valence-corrected chi connectivity index (χ0v) is 18.0. The average molecular weight is 450 g/mol. The fourth-order valence-corrected chi connectivity index (χ4v) is 3.73. The lowest BCUT2D eigenvalue weighted by Gasteiger charge is -2.06. The first-order valence-corrected chi connectivity index (χ1v) is 10.6. The van der Waals surface area contributed by atoms with E-state index in [2.05, 4.69) is 19.7 Å². The molecule has 3 heterocycles. The minimum absolute atomic E-state index is 0.148. The lowest BCUT2D eigenvalue weighted by atomic mass is 10.1. The highest BCUT2D eigenvalue weighted by molar-refractivity contribution is 6.30. The maximum atomic E-state index is 12.6. The lowest BCUT2D eigenvalue weighted by Crippen LogP contribution is -2.19. The first kappa shape index (κ1) is 20.3. The highest BCUT2D eigenvalue weighted by atomic mass is 35.5. The number of furan rings is 1. The predicted molar refractivity (Wildman–Crippen MR) is 120 cm³/mol.